The van der Waals surface area contributed by atoms with Crippen LogP contribution < -0.4 is 5.32 Å². The molecule has 7 heteroatoms. The van der Waals surface area contributed by atoms with Crippen LogP contribution in [0.4, 0.5) is 0 Å². The van der Waals surface area contributed by atoms with Crippen LogP contribution in [0.2, 0.25) is 0 Å². The lowest BCUT2D eigenvalue weighted by Crippen LogP contribution is -2.47. The van der Waals surface area contributed by atoms with E-state index in [2.05, 4.69) is 5.32 Å². The van der Waals surface area contributed by atoms with Crippen LogP contribution in [0.5, 0.6) is 0 Å². The number of carbonyl (C=O) groups is 2. The van der Waals surface area contributed by atoms with Crippen molar-refractivity contribution in [2.45, 2.75) is 12.6 Å². The zero-order valence-corrected chi connectivity index (χ0v) is 14.3. The van der Waals surface area contributed by atoms with Gasteiger partial charge < -0.3 is 10.2 Å². The molecule has 1 aliphatic heterocycles. The predicted octanol–water partition coefficient (Wildman–Crippen LogP) is 1.20. The van der Waals surface area contributed by atoms with Crippen molar-refractivity contribution in [1.29, 1.82) is 0 Å². The number of benzene rings is 2. The number of rotatable bonds is 4. The van der Waals surface area contributed by atoms with Crippen molar-refractivity contribution in [3.8, 4) is 0 Å². The molecule has 1 N–H and O–H groups in total. The highest BCUT2D eigenvalue weighted by Gasteiger charge is 2.42. The topological polar surface area (TPSA) is 83.6 Å². The quantitative estimate of drug-likeness (QED) is 0.890. The monoisotopic (exact) mass is 358 g/mol. The lowest BCUT2D eigenvalue weighted by molar-refractivity contribution is -0.124. The van der Waals surface area contributed by atoms with E-state index in [1.165, 1.54) is 0 Å². The van der Waals surface area contributed by atoms with Crippen LogP contribution in [0.25, 0.3) is 0 Å². The maximum atomic E-state index is 12.6. The van der Waals surface area contributed by atoms with Crippen LogP contribution in [0.3, 0.4) is 0 Å². The number of hydrogen-bond acceptors (Lipinski definition) is 4. The first-order chi connectivity index (χ1) is 12.0. The molecule has 2 amide bonds. The Kier molecular flexibility index (Phi) is 4.85. The van der Waals surface area contributed by atoms with Gasteiger partial charge in [-0.1, -0.05) is 48.5 Å². The Morgan fingerprint density at radius 1 is 1.00 bits per heavy atom. The molecule has 0 aromatic heterocycles. The van der Waals surface area contributed by atoms with E-state index in [1.54, 1.807) is 30.3 Å². The summed E-state index contributed by atoms with van der Waals surface area (Å²) in [7, 11) is -3.48. The van der Waals surface area contributed by atoms with Gasteiger partial charge in [0.2, 0.25) is 5.91 Å². The van der Waals surface area contributed by atoms with E-state index in [4.69, 9.17) is 0 Å². The first-order valence-electron chi connectivity index (χ1n) is 7.84. The van der Waals surface area contributed by atoms with E-state index in [0.717, 1.165) is 10.5 Å². The fraction of sp³-hybridized carbons (Fsp3) is 0.222. The van der Waals surface area contributed by atoms with Gasteiger partial charge in [0.25, 0.3) is 5.91 Å². The maximum absolute atomic E-state index is 12.6. The van der Waals surface area contributed by atoms with Gasteiger partial charge in [0.05, 0.1) is 5.75 Å². The second-order valence-corrected chi connectivity index (χ2v) is 7.98. The number of nitrogens with one attached hydrogen (secondary N) is 1. The minimum atomic E-state index is -3.48. The highest BCUT2D eigenvalue weighted by Crippen LogP contribution is 2.19. The molecule has 25 heavy (non-hydrogen) atoms. The van der Waals surface area contributed by atoms with Gasteiger partial charge >= 0.3 is 0 Å². The second kappa shape index (κ2) is 7.06. The van der Waals surface area contributed by atoms with E-state index < -0.39 is 33.6 Å². The molecule has 1 aliphatic rings. The average molecular weight is 358 g/mol. The summed E-state index contributed by atoms with van der Waals surface area (Å²) in [4.78, 5) is 26.2. The molecule has 0 aliphatic carbocycles. The number of amides is 2. The summed E-state index contributed by atoms with van der Waals surface area (Å²) >= 11 is 0. The molecule has 130 valence electrons. The lowest BCUT2D eigenvalue weighted by atomic mass is 10.1. The molecular formula is C18H18N2O4S. The van der Waals surface area contributed by atoms with E-state index >= 15 is 0 Å². The number of carbonyl (C=O) groups excluding carboxylic acids is 2. The van der Waals surface area contributed by atoms with Crippen LogP contribution in [0.1, 0.15) is 15.9 Å². The number of nitrogens with zero attached hydrogens (tertiary/aromatic N) is 1. The van der Waals surface area contributed by atoms with Gasteiger partial charge in [0.15, 0.2) is 9.84 Å². The smallest absolute Gasteiger partial charge is 0.255 e. The lowest BCUT2D eigenvalue weighted by Gasteiger charge is -2.22. The molecule has 0 saturated carbocycles. The van der Waals surface area contributed by atoms with Crippen molar-refractivity contribution >= 4 is 21.7 Å². The third kappa shape index (κ3) is 4.06. The standard InChI is InChI=1S/C18H18N2O4S/c21-17(19-11-14-7-3-1-4-8-14)16-12-25(23,24)13-20(16)18(22)15-9-5-2-6-10-15/h1-10,16H,11-13H2,(H,19,21)/t16-/m0/s1. The summed E-state index contributed by atoms with van der Waals surface area (Å²) in [5.74, 6) is -1.72. The summed E-state index contributed by atoms with van der Waals surface area (Å²) in [6, 6.07) is 16.7. The number of sulfone groups is 1. The fourth-order valence-electron chi connectivity index (χ4n) is 2.75. The maximum Gasteiger partial charge on any atom is 0.255 e. The van der Waals surface area contributed by atoms with Crippen molar-refractivity contribution < 1.29 is 18.0 Å². The van der Waals surface area contributed by atoms with Gasteiger partial charge in [-0.2, -0.15) is 0 Å². The first-order valence-corrected chi connectivity index (χ1v) is 9.66. The Morgan fingerprint density at radius 3 is 2.24 bits per heavy atom. The van der Waals surface area contributed by atoms with Crippen molar-refractivity contribution in [3.63, 3.8) is 0 Å². The fourth-order valence-corrected chi connectivity index (χ4v) is 4.39. The van der Waals surface area contributed by atoms with E-state index in [-0.39, 0.29) is 12.3 Å². The Labute approximate surface area is 146 Å². The largest absolute Gasteiger partial charge is 0.350 e. The molecule has 1 atom stereocenters. The van der Waals surface area contributed by atoms with E-state index in [0.29, 0.717) is 5.56 Å². The summed E-state index contributed by atoms with van der Waals surface area (Å²) in [6.07, 6.45) is 0. The molecule has 0 bridgehead atoms. The van der Waals surface area contributed by atoms with Gasteiger partial charge in [-0.3, -0.25) is 9.59 Å². The van der Waals surface area contributed by atoms with Gasteiger partial charge in [-0.05, 0) is 17.7 Å². The van der Waals surface area contributed by atoms with Crippen LogP contribution in [0, 0.1) is 0 Å². The van der Waals surface area contributed by atoms with Crippen molar-refractivity contribution in [1.82, 2.24) is 10.2 Å². The number of hydrogen-bond donors (Lipinski definition) is 1. The third-order valence-corrected chi connectivity index (χ3v) is 5.51. The second-order valence-electron chi connectivity index (χ2n) is 5.90. The molecular weight excluding hydrogens is 340 g/mol. The highest BCUT2D eigenvalue weighted by molar-refractivity contribution is 7.91. The van der Waals surface area contributed by atoms with Crippen LogP contribution in [-0.2, 0) is 21.2 Å². The molecule has 0 spiro atoms. The van der Waals surface area contributed by atoms with E-state index in [1.807, 2.05) is 30.3 Å². The van der Waals surface area contributed by atoms with Crippen molar-refractivity contribution in [2.24, 2.45) is 0 Å². The summed E-state index contributed by atoms with van der Waals surface area (Å²) < 4.78 is 24.0. The molecule has 3 rings (SSSR count). The van der Waals surface area contributed by atoms with E-state index in [9.17, 15) is 18.0 Å². The molecule has 0 radical (unpaired) electrons. The van der Waals surface area contributed by atoms with Crippen LogP contribution in [0.15, 0.2) is 60.7 Å². The minimum Gasteiger partial charge on any atom is -0.350 e. The Hall–Kier alpha value is -2.67. The molecule has 2 aromatic carbocycles. The summed E-state index contributed by atoms with van der Waals surface area (Å²) in [5, 5.41) is 2.72. The van der Waals surface area contributed by atoms with Gasteiger partial charge in [0.1, 0.15) is 11.9 Å². The molecule has 0 unspecified atom stereocenters. The predicted molar refractivity (Wildman–Crippen MR) is 93.3 cm³/mol. The molecule has 6 nitrogen and oxygen atoms in total. The molecule has 1 fully saturated rings. The normalized spacial score (nSPS) is 18.7. The van der Waals surface area contributed by atoms with Crippen molar-refractivity contribution in [3.05, 3.63) is 71.8 Å². The third-order valence-electron chi connectivity index (χ3n) is 4.02. The zero-order chi connectivity index (χ0) is 17.9. The average Bonchev–Trinajstić information content (AvgIpc) is 2.96. The zero-order valence-electron chi connectivity index (χ0n) is 13.5. The van der Waals surface area contributed by atoms with Gasteiger partial charge in [-0.25, -0.2) is 8.42 Å². The summed E-state index contributed by atoms with van der Waals surface area (Å²) in [6.45, 7) is 0.281. The molecule has 1 saturated heterocycles. The van der Waals surface area contributed by atoms with Gasteiger partial charge in [0, 0.05) is 12.1 Å². The Balaban J connectivity index is 1.75. The first kappa shape index (κ1) is 17.2. The highest BCUT2D eigenvalue weighted by atomic mass is 32.2. The van der Waals surface area contributed by atoms with Crippen molar-refractivity contribution in [2.75, 3.05) is 11.6 Å². The van der Waals surface area contributed by atoms with Crippen LogP contribution >= 0.6 is 0 Å². The SMILES string of the molecule is O=C(NCc1ccccc1)[C@@H]1CS(=O)(=O)CN1C(=O)c1ccccc1. The molecule has 1 heterocycles. The Bertz CT molecular complexity index is 866. The Morgan fingerprint density at radius 2 is 1.60 bits per heavy atom. The molecule has 2 aromatic rings. The summed E-state index contributed by atoms with van der Waals surface area (Å²) in [5.41, 5.74) is 1.26. The van der Waals surface area contributed by atoms with Crippen LogP contribution in [-0.4, -0.2) is 42.8 Å². The van der Waals surface area contributed by atoms with Gasteiger partial charge in [-0.15, -0.1) is 0 Å². The minimum absolute atomic E-state index is 0.281.